The van der Waals surface area contributed by atoms with Gasteiger partial charge < -0.3 is 15.4 Å². The second kappa shape index (κ2) is 8.12. The van der Waals surface area contributed by atoms with E-state index in [2.05, 4.69) is 10.6 Å². The third-order valence-corrected chi connectivity index (χ3v) is 6.75. The molecule has 2 heterocycles. The van der Waals surface area contributed by atoms with Crippen molar-refractivity contribution >= 4 is 34.9 Å². The van der Waals surface area contributed by atoms with Crippen molar-refractivity contribution in [2.45, 2.75) is 24.8 Å². The normalized spacial score (nSPS) is 19.6. The zero-order valence-electron chi connectivity index (χ0n) is 17.2. The van der Waals surface area contributed by atoms with Crippen molar-refractivity contribution in [1.82, 2.24) is 10.2 Å². The number of imide groups is 1. The Morgan fingerprint density at radius 1 is 1.09 bits per heavy atom. The van der Waals surface area contributed by atoms with Gasteiger partial charge in [0.05, 0.1) is 5.69 Å². The maximum Gasteiger partial charge on any atom is 0.325 e. The molecule has 7 nitrogen and oxygen atoms in total. The van der Waals surface area contributed by atoms with E-state index in [4.69, 9.17) is 4.74 Å². The molecule has 32 heavy (non-hydrogen) atoms. The summed E-state index contributed by atoms with van der Waals surface area (Å²) >= 11 is 1.59. The lowest BCUT2D eigenvalue weighted by atomic mass is 9.80. The van der Waals surface area contributed by atoms with Crippen molar-refractivity contribution in [3.63, 3.8) is 0 Å². The Balaban J connectivity index is 1.32. The third-order valence-electron chi connectivity index (χ3n) is 5.77. The summed E-state index contributed by atoms with van der Waals surface area (Å²) in [6.07, 6.45) is 2.24. The van der Waals surface area contributed by atoms with Gasteiger partial charge >= 0.3 is 6.03 Å². The molecule has 1 saturated heterocycles. The van der Waals surface area contributed by atoms with E-state index >= 15 is 0 Å². The Kier molecular flexibility index (Phi) is 5.14. The van der Waals surface area contributed by atoms with E-state index in [1.54, 1.807) is 35.6 Å². The van der Waals surface area contributed by atoms with E-state index in [-0.39, 0.29) is 12.5 Å². The van der Waals surface area contributed by atoms with Crippen LogP contribution in [0.3, 0.4) is 0 Å². The summed E-state index contributed by atoms with van der Waals surface area (Å²) in [5, 5.41) is 7.57. The third kappa shape index (κ3) is 3.52. The zero-order valence-corrected chi connectivity index (χ0v) is 18.0. The first-order chi connectivity index (χ1) is 15.6. The van der Waals surface area contributed by atoms with Crippen molar-refractivity contribution in [2.24, 2.45) is 0 Å². The number of nitrogens with zero attached hydrogens (tertiary/aromatic N) is 1. The number of hydrogen-bond donors (Lipinski definition) is 2. The SMILES string of the molecule is O=C(CN1C(=O)N[C@@]2(CCCc3sccc32)C1=O)Nc1ccccc1Oc1ccccc1. The molecule has 3 aromatic rings. The minimum Gasteiger partial charge on any atom is -0.455 e. The van der Waals surface area contributed by atoms with Gasteiger partial charge in [-0.3, -0.25) is 14.5 Å². The van der Waals surface area contributed by atoms with E-state index in [1.807, 2.05) is 41.8 Å². The highest BCUT2D eigenvalue weighted by molar-refractivity contribution is 7.10. The molecule has 1 aromatic heterocycles. The number of rotatable bonds is 5. The Hall–Kier alpha value is -3.65. The average molecular weight is 448 g/mol. The fourth-order valence-electron chi connectivity index (χ4n) is 4.29. The minimum atomic E-state index is -1.06. The number of benzene rings is 2. The maximum absolute atomic E-state index is 13.3. The number of ether oxygens (including phenoxy) is 1. The quantitative estimate of drug-likeness (QED) is 0.572. The summed E-state index contributed by atoms with van der Waals surface area (Å²) in [6.45, 7) is -0.369. The standard InChI is InChI=1S/C24H21N3O4S/c28-21(25-18-9-4-5-10-19(18)31-16-7-2-1-3-8-16)15-27-22(29)24(26-23(27)30)13-6-11-20-17(24)12-14-32-20/h1-5,7-10,12,14H,6,11,13,15H2,(H,25,28)(H,26,30)/t24-/m1/s1. The predicted molar refractivity (Wildman–Crippen MR) is 121 cm³/mol. The van der Waals surface area contributed by atoms with Gasteiger partial charge in [0.15, 0.2) is 5.75 Å². The lowest BCUT2D eigenvalue weighted by molar-refractivity contribution is -0.134. The molecule has 4 amide bonds. The number of hydrogen-bond acceptors (Lipinski definition) is 5. The molecule has 5 rings (SSSR count). The van der Waals surface area contributed by atoms with Gasteiger partial charge in [-0.15, -0.1) is 11.3 Å². The molecular formula is C24H21N3O4S. The Bertz CT molecular complexity index is 1190. The molecule has 1 fully saturated rings. The summed E-state index contributed by atoms with van der Waals surface area (Å²) in [5.74, 6) is 0.256. The highest BCUT2D eigenvalue weighted by Gasteiger charge is 2.54. The molecule has 1 aliphatic carbocycles. The fraction of sp³-hybridized carbons (Fsp3) is 0.208. The first-order valence-electron chi connectivity index (χ1n) is 10.4. The molecular weight excluding hydrogens is 426 g/mol. The number of aryl methyl sites for hydroxylation is 1. The van der Waals surface area contributed by atoms with Gasteiger partial charge in [0.2, 0.25) is 5.91 Å². The van der Waals surface area contributed by atoms with Gasteiger partial charge in [0.25, 0.3) is 5.91 Å². The molecule has 0 radical (unpaired) electrons. The number of nitrogens with one attached hydrogen (secondary N) is 2. The van der Waals surface area contributed by atoms with Crippen LogP contribution in [0.2, 0.25) is 0 Å². The molecule has 0 bridgehead atoms. The molecule has 2 aliphatic rings. The summed E-state index contributed by atoms with van der Waals surface area (Å²) in [4.78, 5) is 40.9. The van der Waals surface area contributed by atoms with Crippen LogP contribution >= 0.6 is 11.3 Å². The number of para-hydroxylation sites is 3. The number of amides is 4. The van der Waals surface area contributed by atoms with Crippen molar-refractivity contribution in [2.75, 3.05) is 11.9 Å². The molecule has 0 saturated carbocycles. The molecule has 1 aliphatic heterocycles. The van der Waals surface area contributed by atoms with Crippen LogP contribution in [-0.4, -0.2) is 29.3 Å². The van der Waals surface area contributed by atoms with Gasteiger partial charge in [-0.1, -0.05) is 30.3 Å². The topological polar surface area (TPSA) is 87.7 Å². The summed E-state index contributed by atoms with van der Waals surface area (Å²) in [7, 11) is 0. The van der Waals surface area contributed by atoms with Crippen molar-refractivity contribution < 1.29 is 19.1 Å². The van der Waals surface area contributed by atoms with Crippen LogP contribution in [0.5, 0.6) is 11.5 Å². The van der Waals surface area contributed by atoms with E-state index in [0.29, 0.717) is 23.6 Å². The average Bonchev–Trinajstić information content (AvgIpc) is 3.37. The van der Waals surface area contributed by atoms with Crippen LogP contribution in [0, 0.1) is 0 Å². The largest absolute Gasteiger partial charge is 0.455 e. The van der Waals surface area contributed by atoms with Crippen molar-refractivity contribution in [3.05, 3.63) is 76.5 Å². The van der Waals surface area contributed by atoms with Gasteiger partial charge in [0.1, 0.15) is 17.8 Å². The van der Waals surface area contributed by atoms with Gasteiger partial charge in [0, 0.05) is 10.4 Å². The van der Waals surface area contributed by atoms with Gasteiger partial charge in [-0.25, -0.2) is 4.79 Å². The summed E-state index contributed by atoms with van der Waals surface area (Å²) in [6, 6.07) is 17.6. The number of carbonyl (C=O) groups is 3. The van der Waals surface area contributed by atoms with E-state index < -0.39 is 17.5 Å². The van der Waals surface area contributed by atoms with Crippen LogP contribution < -0.4 is 15.4 Å². The Morgan fingerprint density at radius 2 is 1.88 bits per heavy atom. The van der Waals surface area contributed by atoms with Crippen LogP contribution in [0.1, 0.15) is 23.3 Å². The van der Waals surface area contributed by atoms with Gasteiger partial charge in [-0.05, 0) is 55.0 Å². The first-order valence-corrected chi connectivity index (χ1v) is 11.3. The van der Waals surface area contributed by atoms with Gasteiger partial charge in [-0.2, -0.15) is 0 Å². The van der Waals surface area contributed by atoms with Crippen LogP contribution in [0.15, 0.2) is 66.0 Å². The minimum absolute atomic E-state index is 0.369. The molecule has 2 N–H and O–H groups in total. The lowest BCUT2D eigenvalue weighted by Gasteiger charge is -2.31. The second-order valence-corrected chi connectivity index (χ2v) is 8.80. The van der Waals surface area contributed by atoms with E-state index in [1.165, 1.54) is 0 Å². The van der Waals surface area contributed by atoms with Crippen molar-refractivity contribution in [1.29, 1.82) is 0 Å². The number of carbonyl (C=O) groups excluding carboxylic acids is 3. The Labute approximate surface area is 189 Å². The molecule has 1 atom stereocenters. The summed E-state index contributed by atoms with van der Waals surface area (Å²) < 4.78 is 5.87. The molecule has 1 spiro atoms. The van der Waals surface area contributed by atoms with Crippen LogP contribution in [0.4, 0.5) is 10.5 Å². The molecule has 162 valence electrons. The molecule has 2 aromatic carbocycles. The summed E-state index contributed by atoms with van der Waals surface area (Å²) in [5.41, 5.74) is 0.261. The zero-order chi connectivity index (χ0) is 22.1. The lowest BCUT2D eigenvalue weighted by Crippen LogP contribution is -2.46. The molecule has 8 heteroatoms. The highest BCUT2D eigenvalue weighted by atomic mass is 32.1. The monoisotopic (exact) mass is 447 g/mol. The maximum atomic E-state index is 13.3. The number of urea groups is 1. The first kappa shape index (κ1) is 20.3. The number of fused-ring (bicyclic) bond motifs is 2. The van der Waals surface area contributed by atoms with E-state index in [9.17, 15) is 14.4 Å². The van der Waals surface area contributed by atoms with Crippen molar-refractivity contribution in [3.8, 4) is 11.5 Å². The Morgan fingerprint density at radius 3 is 2.72 bits per heavy atom. The smallest absolute Gasteiger partial charge is 0.325 e. The van der Waals surface area contributed by atoms with Crippen LogP contribution in [0.25, 0.3) is 0 Å². The van der Waals surface area contributed by atoms with E-state index in [0.717, 1.165) is 28.2 Å². The highest BCUT2D eigenvalue weighted by Crippen LogP contribution is 2.42. The second-order valence-electron chi connectivity index (χ2n) is 7.80. The predicted octanol–water partition coefficient (Wildman–Crippen LogP) is 4.26. The van der Waals surface area contributed by atoms with Crippen LogP contribution in [-0.2, 0) is 21.5 Å². The number of anilines is 1. The fourth-order valence-corrected chi connectivity index (χ4v) is 5.29. The molecule has 0 unspecified atom stereocenters. The number of thiophene rings is 1.